The minimum atomic E-state index is -2.50. The Hall–Kier alpha value is -4.02. The molecule has 0 bridgehead atoms. The maximum absolute atomic E-state index is 13.6. The van der Waals surface area contributed by atoms with Crippen LogP contribution >= 0.6 is 11.6 Å². The highest BCUT2D eigenvalue weighted by molar-refractivity contribution is 6.23. The molecule has 306 valence electrons. The van der Waals surface area contributed by atoms with Gasteiger partial charge in [0.15, 0.2) is 36.6 Å². The Labute approximate surface area is 324 Å². The topological polar surface area (TPSA) is 217 Å². The molecule has 2 saturated heterocycles. The molecule has 55 heavy (non-hydrogen) atoms. The Bertz CT molecular complexity index is 1600. The Morgan fingerprint density at radius 3 is 1.95 bits per heavy atom. The van der Waals surface area contributed by atoms with E-state index in [1.165, 1.54) is 26.0 Å². The van der Waals surface area contributed by atoms with Crippen LogP contribution in [0.1, 0.15) is 75.2 Å². The molecule has 0 aromatic carbocycles. The highest BCUT2D eigenvalue weighted by Crippen LogP contribution is 2.63. The summed E-state index contributed by atoms with van der Waals surface area (Å²) in [6.07, 6.45) is -7.53. The molecule has 3 fully saturated rings. The van der Waals surface area contributed by atoms with Crippen LogP contribution in [-0.2, 0) is 71.5 Å². The predicted molar refractivity (Wildman–Crippen MR) is 188 cm³/mol. The first-order valence-electron chi connectivity index (χ1n) is 18.1. The first-order valence-corrected chi connectivity index (χ1v) is 18.6. The maximum Gasteiger partial charge on any atom is 0.344 e. The van der Waals surface area contributed by atoms with Crippen LogP contribution < -0.4 is 0 Å². The molecule has 0 amide bonds. The first kappa shape index (κ1) is 43.7. The average molecular weight is 799 g/mol. The first-order chi connectivity index (χ1) is 25.5. The molecule has 17 heteroatoms. The van der Waals surface area contributed by atoms with Gasteiger partial charge in [0.05, 0.1) is 23.3 Å². The molecule has 0 aromatic heterocycles. The molecule has 12 atom stereocenters. The fraction of sp³-hybridized carbons (Fsp3) is 0.711. The van der Waals surface area contributed by atoms with Gasteiger partial charge in [-0.15, -0.1) is 11.6 Å². The van der Waals surface area contributed by atoms with Gasteiger partial charge in [-0.2, -0.15) is 0 Å². The molecule has 1 N–H and O–H groups in total. The Morgan fingerprint density at radius 2 is 1.42 bits per heavy atom. The largest absolute Gasteiger partial charge is 0.459 e. The number of carbonyl (C=O) groups excluding carboxylic acids is 7. The number of epoxide rings is 1. The highest BCUT2D eigenvalue weighted by Gasteiger charge is 2.81. The molecule has 1 spiro atoms. The molecule has 16 nitrogen and oxygen atoms in total. The van der Waals surface area contributed by atoms with Gasteiger partial charge in [-0.25, -0.2) is 4.79 Å². The third-order valence-electron chi connectivity index (χ3n) is 10.5. The molecule has 2 heterocycles. The molecular weight excluding hydrogens is 748 g/mol. The van der Waals surface area contributed by atoms with E-state index >= 15 is 0 Å². The fourth-order valence-corrected chi connectivity index (χ4v) is 8.37. The van der Waals surface area contributed by atoms with E-state index in [2.05, 4.69) is 6.58 Å². The van der Waals surface area contributed by atoms with E-state index in [4.69, 9.17) is 49.5 Å². The van der Waals surface area contributed by atoms with Gasteiger partial charge in [-0.1, -0.05) is 47.3 Å². The van der Waals surface area contributed by atoms with Crippen molar-refractivity contribution in [2.45, 2.75) is 128 Å². The highest BCUT2D eigenvalue weighted by atomic mass is 35.5. The third-order valence-corrected chi connectivity index (χ3v) is 11.0. The van der Waals surface area contributed by atoms with E-state index in [1.54, 1.807) is 27.7 Å². The van der Waals surface area contributed by atoms with Crippen LogP contribution in [-0.4, -0.2) is 113 Å². The van der Waals surface area contributed by atoms with Crippen LogP contribution in [0.3, 0.4) is 0 Å². The minimum Gasteiger partial charge on any atom is -0.459 e. The zero-order chi connectivity index (χ0) is 41.4. The SMILES string of the molecule is C=C1/C=C\C(OC(=O)COC(=O)CC(C)C)[C@@]2(C)[C@@H](OC(C)=O)[C@@H](OC(C)=O)[C@@H](OC(=O)CC(C)C)[C@]3(CO3)[C@@H]2[C@H](OC(C)=O)[C@]2(O)[C@@H](C)C(=O)O[C@H]2[C@H]1Cl. The second kappa shape index (κ2) is 16.6. The van der Waals surface area contributed by atoms with E-state index < -0.39 is 119 Å². The van der Waals surface area contributed by atoms with Crippen molar-refractivity contribution in [3.63, 3.8) is 0 Å². The third kappa shape index (κ3) is 8.70. The van der Waals surface area contributed by atoms with Crippen LogP contribution in [0, 0.1) is 29.1 Å². The summed E-state index contributed by atoms with van der Waals surface area (Å²) in [7, 11) is 0. The second-order valence-electron chi connectivity index (χ2n) is 15.7. The Morgan fingerprint density at radius 1 is 0.873 bits per heavy atom. The molecule has 1 saturated carbocycles. The molecule has 0 radical (unpaired) electrons. The number of carbonyl (C=O) groups is 7. The molecule has 1 unspecified atom stereocenters. The number of hydrogen-bond donors (Lipinski definition) is 1. The summed E-state index contributed by atoms with van der Waals surface area (Å²) in [4.78, 5) is 91.9. The Kier molecular flexibility index (Phi) is 13.2. The number of aliphatic hydroxyl groups is 1. The monoisotopic (exact) mass is 798 g/mol. The lowest BCUT2D eigenvalue weighted by Crippen LogP contribution is -2.76. The molecule has 4 rings (SSSR count). The van der Waals surface area contributed by atoms with E-state index in [-0.39, 0.29) is 36.9 Å². The van der Waals surface area contributed by atoms with Gasteiger partial charge in [-0.05, 0) is 30.4 Å². The molecule has 2 aliphatic carbocycles. The Balaban J connectivity index is 2.09. The summed E-state index contributed by atoms with van der Waals surface area (Å²) in [6, 6.07) is 0. The van der Waals surface area contributed by atoms with Crippen LogP contribution in [0.15, 0.2) is 24.3 Å². The van der Waals surface area contributed by atoms with E-state index in [0.29, 0.717) is 0 Å². The average Bonchev–Trinajstić information content (AvgIpc) is 3.81. The van der Waals surface area contributed by atoms with Crippen molar-refractivity contribution >= 4 is 53.4 Å². The predicted octanol–water partition coefficient (Wildman–Crippen LogP) is 2.67. The van der Waals surface area contributed by atoms with Gasteiger partial charge in [0.2, 0.25) is 0 Å². The van der Waals surface area contributed by atoms with Crippen LogP contribution in [0.2, 0.25) is 0 Å². The number of allylic oxidation sites excluding steroid dienone is 1. The van der Waals surface area contributed by atoms with Gasteiger partial charge < -0.3 is 43.0 Å². The van der Waals surface area contributed by atoms with E-state index in [9.17, 15) is 38.7 Å². The summed E-state index contributed by atoms with van der Waals surface area (Å²) < 4.78 is 46.9. The van der Waals surface area contributed by atoms with Crippen LogP contribution in [0.4, 0.5) is 0 Å². The van der Waals surface area contributed by atoms with Crippen LogP contribution in [0.25, 0.3) is 0 Å². The lowest BCUT2D eigenvalue weighted by molar-refractivity contribution is -0.281. The van der Waals surface area contributed by atoms with Crippen molar-refractivity contribution in [1.29, 1.82) is 0 Å². The standard InChI is InChI=1S/C38H51ClO16/c1-17(2)13-25(43)48-15-27(45)53-24-12-11-19(5)28(39)31-38(47,20(6)35(46)55-31)34(52-23(9)42)30-36(24,10)32(51-22(8)41)29(50-21(7)40)33(37(30)16-49-37)54-26(44)14-18(3)4/h11-12,17-18,20,24,28-34,47H,5,13-16H2,1-4,6-10H3/b12-11-/t20-,24?,28-,29+,30+,31-,32-,33+,34-,36+,37-,38-/m0/s1. The van der Waals surface area contributed by atoms with Crippen molar-refractivity contribution in [3.8, 4) is 0 Å². The lowest BCUT2D eigenvalue weighted by atomic mass is 9.51. The number of rotatable bonds is 11. The second-order valence-corrected chi connectivity index (χ2v) is 16.2. The van der Waals surface area contributed by atoms with Crippen molar-refractivity contribution in [1.82, 2.24) is 0 Å². The van der Waals surface area contributed by atoms with Gasteiger partial charge in [0.25, 0.3) is 0 Å². The quantitative estimate of drug-likeness (QED) is 0.138. The number of halogens is 1. The summed E-state index contributed by atoms with van der Waals surface area (Å²) in [5, 5.41) is 11.6. The summed E-state index contributed by atoms with van der Waals surface area (Å²) >= 11 is 6.87. The zero-order valence-corrected chi connectivity index (χ0v) is 33.2. The smallest absolute Gasteiger partial charge is 0.344 e. The zero-order valence-electron chi connectivity index (χ0n) is 32.5. The molecular formula is C38H51ClO16. The number of esters is 7. The summed E-state index contributed by atoms with van der Waals surface area (Å²) in [6.45, 7) is 15.9. The van der Waals surface area contributed by atoms with E-state index in [1.807, 2.05) is 0 Å². The van der Waals surface area contributed by atoms with Crippen molar-refractivity contribution in [2.75, 3.05) is 13.2 Å². The van der Waals surface area contributed by atoms with Crippen LogP contribution in [0.5, 0.6) is 0 Å². The van der Waals surface area contributed by atoms with E-state index in [0.717, 1.165) is 20.8 Å². The summed E-state index contributed by atoms with van der Waals surface area (Å²) in [5.74, 6) is -9.46. The van der Waals surface area contributed by atoms with Crippen molar-refractivity contribution < 1.29 is 76.6 Å². The fourth-order valence-electron chi connectivity index (χ4n) is 8.04. The van der Waals surface area contributed by atoms with Crippen molar-refractivity contribution in [3.05, 3.63) is 24.3 Å². The number of ether oxygens (including phenoxy) is 8. The maximum atomic E-state index is 13.6. The summed E-state index contributed by atoms with van der Waals surface area (Å²) in [5.41, 5.74) is -6.29. The number of fused-ring (bicyclic) bond motifs is 3. The van der Waals surface area contributed by atoms with Gasteiger partial charge in [0, 0.05) is 39.5 Å². The van der Waals surface area contributed by atoms with Gasteiger partial charge >= 0.3 is 41.8 Å². The lowest BCUT2D eigenvalue weighted by Gasteiger charge is -2.59. The molecule has 2 aliphatic heterocycles. The molecule has 0 aromatic rings. The molecule has 4 aliphatic rings. The number of hydrogen-bond acceptors (Lipinski definition) is 16. The minimum absolute atomic E-state index is 0.00545. The van der Waals surface area contributed by atoms with Crippen molar-refractivity contribution in [2.24, 2.45) is 29.1 Å². The van der Waals surface area contributed by atoms with Gasteiger partial charge in [0.1, 0.15) is 17.8 Å². The number of alkyl halides is 1. The normalized spacial score (nSPS) is 37.1. The van der Waals surface area contributed by atoms with Gasteiger partial charge in [-0.3, -0.25) is 28.8 Å².